The van der Waals surface area contributed by atoms with Crippen LogP contribution in [0, 0.1) is 6.92 Å². The first-order chi connectivity index (χ1) is 8.61. The fraction of sp³-hybridized carbons (Fsp3) is 0.231. The van der Waals surface area contributed by atoms with Crippen molar-refractivity contribution in [1.82, 2.24) is 4.98 Å². The topological polar surface area (TPSA) is 59.4 Å². The van der Waals surface area contributed by atoms with Crippen molar-refractivity contribution in [3.63, 3.8) is 0 Å². The summed E-state index contributed by atoms with van der Waals surface area (Å²) in [5, 5.41) is 10.1. The Morgan fingerprint density at radius 2 is 2.28 bits per heavy atom. The zero-order chi connectivity index (χ0) is 13.1. The minimum absolute atomic E-state index is 0.221. The number of hydrogen-bond donors (Lipinski definition) is 1. The van der Waals surface area contributed by atoms with E-state index < -0.39 is 0 Å². The molecule has 0 amide bonds. The Hall–Kier alpha value is -1.88. The number of aromatic hydroxyl groups is 1. The highest BCUT2D eigenvalue weighted by atomic mass is 32.1. The maximum atomic E-state index is 11.5. The number of hydrogen-bond acceptors (Lipinski definition) is 5. The molecule has 18 heavy (non-hydrogen) atoms. The molecule has 0 aliphatic carbocycles. The van der Waals surface area contributed by atoms with Crippen LogP contribution in [0.25, 0.3) is 10.6 Å². The van der Waals surface area contributed by atoms with Gasteiger partial charge in [0.15, 0.2) is 0 Å². The third-order valence-electron chi connectivity index (χ3n) is 2.42. The number of carbonyl (C=O) groups excluding carboxylic acids is 1. The second-order valence-electron chi connectivity index (χ2n) is 3.75. The van der Waals surface area contributed by atoms with Crippen molar-refractivity contribution >= 4 is 17.3 Å². The number of nitrogens with zero attached hydrogens (tertiary/aromatic N) is 1. The van der Waals surface area contributed by atoms with E-state index in [-0.39, 0.29) is 11.7 Å². The Kier molecular flexibility index (Phi) is 3.62. The average molecular weight is 263 g/mol. The van der Waals surface area contributed by atoms with Crippen LogP contribution in [0.4, 0.5) is 0 Å². The number of esters is 1. The van der Waals surface area contributed by atoms with Crippen molar-refractivity contribution in [2.75, 3.05) is 6.61 Å². The fourth-order valence-corrected chi connectivity index (χ4v) is 2.48. The van der Waals surface area contributed by atoms with E-state index in [4.69, 9.17) is 4.74 Å². The minimum atomic E-state index is -0.349. The number of phenols is 1. The molecule has 94 valence electrons. The van der Waals surface area contributed by atoms with Crippen LogP contribution in [0.2, 0.25) is 0 Å². The Balaban J connectivity index is 2.32. The SMILES string of the molecule is CCOC(=O)c1cnc(-c2ccc(O)cc2C)s1. The van der Waals surface area contributed by atoms with Gasteiger partial charge in [-0.25, -0.2) is 9.78 Å². The van der Waals surface area contributed by atoms with Gasteiger partial charge in [0, 0.05) is 5.56 Å². The van der Waals surface area contributed by atoms with Gasteiger partial charge < -0.3 is 9.84 Å². The van der Waals surface area contributed by atoms with E-state index in [0.717, 1.165) is 16.1 Å². The molecule has 0 fully saturated rings. The van der Waals surface area contributed by atoms with Gasteiger partial charge in [0.25, 0.3) is 0 Å². The molecule has 1 aromatic carbocycles. The first kappa shape index (κ1) is 12.6. The van der Waals surface area contributed by atoms with Crippen LogP contribution < -0.4 is 0 Å². The van der Waals surface area contributed by atoms with E-state index in [0.29, 0.717) is 11.5 Å². The van der Waals surface area contributed by atoms with Crippen molar-refractivity contribution < 1.29 is 14.6 Å². The first-order valence-corrected chi connectivity index (χ1v) is 6.36. The molecule has 0 spiro atoms. The lowest BCUT2D eigenvalue weighted by molar-refractivity contribution is 0.0532. The van der Waals surface area contributed by atoms with Crippen LogP contribution in [0.15, 0.2) is 24.4 Å². The Bertz CT molecular complexity index is 577. The Morgan fingerprint density at radius 3 is 2.94 bits per heavy atom. The monoisotopic (exact) mass is 263 g/mol. The lowest BCUT2D eigenvalue weighted by atomic mass is 10.1. The van der Waals surface area contributed by atoms with Gasteiger partial charge in [0.05, 0.1) is 12.8 Å². The fourth-order valence-electron chi connectivity index (χ4n) is 1.58. The number of aromatic nitrogens is 1. The maximum absolute atomic E-state index is 11.5. The number of aryl methyl sites for hydroxylation is 1. The molecule has 0 saturated heterocycles. The summed E-state index contributed by atoms with van der Waals surface area (Å²) in [6.45, 7) is 4.01. The van der Waals surface area contributed by atoms with E-state index in [1.54, 1.807) is 25.1 Å². The van der Waals surface area contributed by atoms with E-state index in [9.17, 15) is 9.90 Å². The summed E-state index contributed by atoms with van der Waals surface area (Å²) < 4.78 is 4.92. The molecule has 0 atom stereocenters. The van der Waals surface area contributed by atoms with Crippen LogP contribution in [0.5, 0.6) is 5.75 Å². The second kappa shape index (κ2) is 5.18. The molecule has 1 N–H and O–H groups in total. The summed E-state index contributed by atoms with van der Waals surface area (Å²) in [7, 11) is 0. The summed E-state index contributed by atoms with van der Waals surface area (Å²) in [6.07, 6.45) is 1.52. The number of carbonyl (C=O) groups is 1. The molecule has 0 radical (unpaired) electrons. The summed E-state index contributed by atoms with van der Waals surface area (Å²) in [6, 6.07) is 5.06. The normalized spacial score (nSPS) is 10.3. The third-order valence-corrected chi connectivity index (χ3v) is 3.43. The molecule has 1 heterocycles. The predicted octanol–water partition coefficient (Wildman–Crippen LogP) is 3.00. The van der Waals surface area contributed by atoms with E-state index >= 15 is 0 Å². The standard InChI is InChI=1S/C13H13NO3S/c1-3-17-13(16)11-7-14-12(18-11)10-5-4-9(15)6-8(10)2/h4-7,15H,3H2,1-2H3. The molecule has 2 aromatic rings. The van der Waals surface area contributed by atoms with E-state index in [1.165, 1.54) is 17.5 Å². The maximum Gasteiger partial charge on any atom is 0.349 e. The summed E-state index contributed by atoms with van der Waals surface area (Å²) in [4.78, 5) is 16.2. The number of rotatable bonds is 3. The van der Waals surface area contributed by atoms with Crippen molar-refractivity contribution in [3.05, 3.63) is 34.8 Å². The minimum Gasteiger partial charge on any atom is -0.508 e. The van der Waals surface area contributed by atoms with Crippen molar-refractivity contribution in [1.29, 1.82) is 0 Å². The van der Waals surface area contributed by atoms with Crippen LogP contribution >= 0.6 is 11.3 Å². The largest absolute Gasteiger partial charge is 0.508 e. The average Bonchev–Trinajstić information content (AvgIpc) is 2.78. The molecule has 5 heteroatoms. The van der Waals surface area contributed by atoms with E-state index in [1.807, 2.05) is 6.92 Å². The number of benzene rings is 1. The van der Waals surface area contributed by atoms with E-state index in [2.05, 4.69) is 4.98 Å². The second-order valence-corrected chi connectivity index (χ2v) is 4.78. The van der Waals surface area contributed by atoms with Crippen molar-refractivity contribution in [2.45, 2.75) is 13.8 Å². The zero-order valence-electron chi connectivity index (χ0n) is 10.1. The van der Waals surface area contributed by atoms with Gasteiger partial charge in [-0.15, -0.1) is 11.3 Å². The molecule has 0 saturated carbocycles. The van der Waals surface area contributed by atoms with Gasteiger partial charge in [-0.1, -0.05) is 0 Å². The van der Waals surface area contributed by atoms with Crippen molar-refractivity contribution in [3.8, 4) is 16.3 Å². The molecule has 0 unspecified atom stereocenters. The zero-order valence-corrected chi connectivity index (χ0v) is 11.0. The molecule has 0 aliphatic heterocycles. The van der Waals surface area contributed by atoms with Gasteiger partial charge in [-0.2, -0.15) is 0 Å². The highest BCUT2D eigenvalue weighted by Crippen LogP contribution is 2.30. The van der Waals surface area contributed by atoms with Crippen LogP contribution in [-0.2, 0) is 4.74 Å². The molecular formula is C13H13NO3S. The van der Waals surface area contributed by atoms with Crippen LogP contribution in [-0.4, -0.2) is 22.7 Å². The summed E-state index contributed by atoms with van der Waals surface area (Å²) in [5.41, 5.74) is 1.83. The smallest absolute Gasteiger partial charge is 0.349 e. The highest BCUT2D eigenvalue weighted by molar-refractivity contribution is 7.16. The number of thiazole rings is 1. The van der Waals surface area contributed by atoms with Gasteiger partial charge in [0.1, 0.15) is 15.6 Å². The molecule has 2 rings (SSSR count). The number of phenolic OH excluding ortho intramolecular Hbond substituents is 1. The lowest BCUT2D eigenvalue weighted by Crippen LogP contribution is -2.01. The molecular weight excluding hydrogens is 250 g/mol. The first-order valence-electron chi connectivity index (χ1n) is 5.54. The summed E-state index contributed by atoms with van der Waals surface area (Å²) >= 11 is 1.29. The Labute approximate surface area is 109 Å². The molecule has 4 nitrogen and oxygen atoms in total. The van der Waals surface area contributed by atoms with Crippen molar-refractivity contribution in [2.24, 2.45) is 0 Å². The molecule has 1 aromatic heterocycles. The summed E-state index contributed by atoms with van der Waals surface area (Å²) in [5.74, 6) is -0.129. The van der Waals surface area contributed by atoms with Gasteiger partial charge in [-0.3, -0.25) is 0 Å². The van der Waals surface area contributed by atoms with Crippen LogP contribution in [0.1, 0.15) is 22.2 Å². The lowest BCUT2D eigenvalue weighted by Gasteiger charge is -2.02. The quantitative estimate of drug-likeness (QED) is 0.865. The van der Waals surface area contributed by atoms with Gasteiger partial charge in [-0.05, 0) is 37.6 Å². The Morgan fingerprint density at radius 1 is 1.50 bits per heavy atom. The molecule has 0 bridgehead atoms. The van der Waals surface area contributed by atoms with Gasteiger partial charge >= 0.3 is 5.97 Å². The number of ether oxygens (including phenoxy) is 1. The molecule has 0 aliphatic rings. The van der Waals surface area contributed by atoms with Crippen LogP contribution in [0.3, 0.4) is 0 Å². The van der Waals surface area contributed by atoms with Gasteiger partial charge in [0.2, 0.25) is 0 Å². The predicted molar refractivity (Wildman–Crippen MR) is 69.9 cm³/mol. The third kappa shape index (κ3) is 2.51. The highest BCUT2D eigenvalue weighted by Gasteiger charge is 2.13.